The molecule has 0 atom stereocenters. The number of hydrogen-bond acceptors (Lipinski definition) is 4. The van der Waals surface area contributed by atoms with Gasteiger partial charge in [0.05, 0.1) is 17.7 Å². The number of aryl methyl sites for hydroxylation is 2. The van der Waals surface area contributed by atoms with Gasteiger partial charge in [-0.05, 0) is 25.5 Å². The normalized spacial score (nSPS) is 10.5. The zero-order valence-corrected chi connectivity index (χ0v) is 11.5. The third kappa shape index (κ3) is 3.35. The summed E-state index contributed by atoms with van der Waals surface area (Å²) in [6, 6.07) is 7.21. The first-order chi connectivity index (χ1) is 9.08. The predicted molar refractivity (Wildman–Crippen MR) is 70.9 cm³/mol. The van der Waals surface area contributed by atoms with E-state index in [9.17, 15) is 4.79 Å². The van der Waals surface area contributed by atoms with Crippen molar-refractivity contribution in [2.24, 2.45) is 0 Å². The van der Waals surface area contributed by atoms with Crippen LogP contribution in [0, 0.1) is 13.8 Å². The van der Waals surface area contributed by atoms with E-state index in [2.05, 4.69) is 5.16 Å². The van der Waals surface area contributed by atoms with Crippen LogP contribution in [-0.4, -0.2) is 11.1 Å². The van der Waals surface area contributed by atoms with E-state index in [1.807, 2.05) is 19.1 Å². The van der Waals surface area contributed by atoms with Gasteiger partial charge >= 0.3 is 5.97 Å². The largest absolute Gasteiger partial charge is 0.460 e. The summed E-state index contributed by atoms with van der Waals surface area (Å²) in [7, 11) is 0. The molecular formula is C14H14ClNO3. The Hall–Kier alpha value is -1.81. The fourth-order valence-electron chi connectivity index (χ4n) is 1.71. The first-order valence-corrected chi connectivity index (χ1v) is 6.26. The molecule has 5 heteroatoms. The Morgan fingerprint density at radius 1 is 1.37 bits per heavy atom. The van der Waals surface area contributed by atoms with Gasteiger partial charge in [-0.3, -0.25) is 4.79 Å². The molecule has 4 nitrogen and oxygen atoms in total. The number of benzene rings is 1. The number of ether oxygens (including phenoxy) is 1. The van der Waals surface area contributed by atoms with Gasteiger partial charge in [-0.25, -0.2) is 0 Å². The van der Waals surface area contributed by atoms with E-state index >= 15 is 0 Å². The van der Waals surface area contributed by atoms with Crippen LogP contribution in [-0.2, 0) is 22.6 Å². The van der Waals surface area contributed by atoms with Crippen LogP contribution in [0.2, 0.25) is 5.02 Å². The molecule has 0 aliphatic heterocycles. The zero-order chi connectivity index (χ0) is 13.8. The van der Waals surface area contributed by atoms with Crippen molar-refractivity contribution in [3.8, 4) is 0 Å². The number of aromatic nitrogens is 1. The van der Waals surface area contributed by atoms with Gasteiger partial charge in [0.2, 0.25) is 0 Å². The minimum Gasteiger partial charge on any atom is -0.460 e. The predicted octanol–water partition coefficient (Wildman–Crippen LogP) is 3.23. The van der Waals surface area contributed by atoms with Crippen LogP contribution in [0.25, 0.3) is 0 Å². The number of rotatable bonds is 4. The molecule has 0 saturated carbocycles. The maximum atomic E-state index is 11.8. The van der Waals surface area contributed by atoms with Gasteiger partial charge in [-0.1, -0.05) is 35.0 Å². The fourth-order valence-corrected chi connectivity index (χ4v) is 1.91. The standard InChI is InChI=1S/C14H14ClNO3/c1-9-12(10(2)19-16-9)8-18-14(17)7-11-5-3-4-6-13(11)15/h3-6H,7-8H2,1-2H3. The lowest BCUT2D eigenvalue weighted by molar-refractivity contribution is -0.144. The van der Waals surface area contributed by atoms with E-state index in [-0.39, 0.29) is 19.0 Å². The molecule has 19 heavy (non-hydrogen) atoms. The Morgan fingerprint density at radius 3 is 2.74 bits per heavy atom. The molecule has 0 unspecified atom stereocenters. The van der Waals surface area contributed by atoms with Crippen LogP contribution in [0.15, 0.2) is 28.8 Å². The minimum absolute atomic E-state index is 0.156. The van der Waals surface area contributed by atoms with Crippen LogP contribution in [0.3, 0.4) is 0 Å². The van der Waals surface area contributed by atoms with E-state index < -0.39 is 0 Å². The molecule has 0 spiro atoms. The average molecular weight is 280 g/mol. The van der Waals surface area contributed by atoms with Crippen molar-refractivity contribution >= 4 is 17.6 Å². The van der Waals surface area contributed by atoms with E-state index in [1.165, 1.54) is 0 Å². The summed E-state index contributed by atoms with van der Waals surface area (Å²) >= 11 is 5.99. The molecule has 0 radical (unpaired) electrons. The number of hydrogen-bond donors (Lipinski definition) is 0. The number of nitrogens with zero attached hydrogens (tertiary/aromatic N) is 1. The summed E-state index contributed by atoms with van der Waals surface area (Å²) in [6.07, 6.45) is 0.156. The van der Waals surface area contributed by atoms with Gasteiger partial charge in [0.15, 0.2) is 0 Å². The smallest absolute Gasteiger partial charge is 0.310 e. The summed E-state index contributed by atoms with van der Waals surface area (Å²) in [4.78, 5) is 11.8. The Balaban J connectivity index is 1.94. The second-order valence-corrected chi connectivity index (χ2v) is 4.64. The highest BCUT2D eigenvalue weighted by Gasteiger charge is 2.13. The lowest BCUT2D eigenvalue weighted by atomic mass is 10.1. The Kier molecular flexibility index (Phi) is 4.22. The molecule has 0 aliphatic carbocycles. The van der Waals surface area contributed by atoms with Gasteiger partial charge in [-0.15, -0.1) is 0 Å². The summed E-state index contributed by atoms with van der Waals surface area (Å²) in [6.45, 7) is 3.77. The molecule has 0 fully saturated rings. The third-order valence-electron chi connectivity index (χ3n) is 2.85. The molecule has 1 aromatic heterocycles. The highest BCUT2D eigenvalue weighted by Crippen LogP contribution is 2.17. The molecular weight excluding hydrogens is 266 g/mol. The van der Waals surface area contributed by atoms with E-state index in [4.69, 9.17) is 20.9 Å². The van der Waals surface area contributed by atoms with Crippen molar-refractivity contribution in [2.45, 2.75) is 26.9 Å². The number of carbonyl (C=O) groups is 1. The fraction of sp³-hybridized carbons (Fsp3) is 0.286. The van der Waals surface area contributed by atoms with Crippen molar-refractivity contribution in [3.05, 3.63) is 51.9 Å². The van der Waals surface area contributed by atoms with Crippen molar-refractivity contribution in [1.29, 1.82) is 0 Å². The second-order valence-electron chi connectivity index (χ2n) is 4.23. The molecule has 100 valence electrons. The van der Waals surface area contributed by atoms with Crippen LogP contribution in [0.1, 0.15) is 22.6 Å². The minimum atomic E-state index is -0.326. The van der Waals surface area contributed by atoms with E-state index in [1.54, 1.807) is 19.1 Å². The SMILES string of the molecule is Cc1noc(C)c1COC(=O)Cc1ccccc1Cl. The average Bonchev–Trinajstić information content (AvgIpc) is 2.70. The summed E-state index contributed by atoms with van der Waals surface area (Å²) in [5, 5.41) is 4.37. The molecule has 2 aromatic rings. The summed E-state index contributed by atoms with van der Waals surface area (Å²) in [5.41, 5.74) is 2.31. The lowest BCUT2D eigenvalue weighted by Gasteiger charge is -2.05. The van der Waals surface area contributed by atoms with Crippen molar-refractivity contribution in [2.75, 3.05) is 0 Å². The van der Waals surface area contributed by atoms with Gasteiger partial charge in [-0.2, -0.15) is 0 Å². The van der Waals surface area contributed by atoms with Gasteiger partial charge in [0.1, 0.15) is 12.4 Å². The molecule has 0 saturated heterocycles. The van der Waals surface area contributed by atoms with Gasteiger partial charge in [0.25, 0.3) is 0 Å². The van der Waals surface area contributed by atoms with Crippen LogP contribution < -0.4 is 0 Å². The maximum absolute atomic E-state index is 11.8. The molecule has 1 aromatic carbocycles. The highest BCUT2D eigenvalue weighted by atomic mass is 35.5. The van der Waals surface area contributed by atoms with Gasteiger partial charge in [0, 0.05) is 5.02 Å². The van der Waals surface area contributed by atoms with Crippen molar-refractivity contribution < 1.29 is 14.1 Å². The third-order valence-corrected chi connectivity index (χ3v) is 3.22. The molecule has 1 heterocycles. The van der Waals surface area contributed by atoms with Crippen LogP contribution in [0.5, 0.6) is 0 Å². The first-order valence-electron chi connectivity index (χ1n) is 5.88. The first kappa shape index (κ1) is 13.6. The highest BCUT2D eigenvalue weighted by molar-refractivity contribution is 6.31. The summed E-state index contributed by atoms with van der Waals surface area (Å²) in [5.74, 6) is 0.344. The molecule has 0 N–H and O–H groups in total. The summed E-state index contributed by atoms with van der Waals surface area (Å²) < 4.78 is 10.2. The molecule has 0 aliphatic rings. The van der Waals surface area contributed by atoms with Crippen molar-refractivity contribution in [1.82, 2.24) is 5.16 Å². The van der Waals surface area contributed by atoms with E-state index in [0.29, 0.717) is 10.8 Å². The molecule has 2 rings (SSSR count). The Morgan fingerprint density at radius 2 is 2.11 bits per heavy atom. The second kappa shape index (κ2) is 5.89. The quantitative estimate of drug-likeness (QED) is 0.806. The van der Waals surface area contributed by atoms with Gasteiger partial charge < -0.3 is 9.26 Å². The van der Waals surface area contributed by atoms with Crippen molar-refractivity contribution in [3.63, 3.8) is 0 Å². The lowest BCUT2D eigenvalue weighted by Crippen LogP contribution is -2.09. The Labute approximate surface area is 116 Å². The number of halogens is 1. The number of esters is 1. The van der Waals surface area contributed by atoms with Crippen LogP contribution >= 0.6 is 11.6 Å². The Bertz CT molecular complexity index is 573. The van der Waals surface area contributed by atoms with E-state index in [0.717, 1.165) is 16.8 Å². The maximum Gasteiger partial charge on any atom is 0.310 e. The topological polar surface area (TPSA) is 52.3 Å². The van der Waals surface area contributed by atoms with Crippen LogP contribution in [0.4, 0.5) is 0 Å². The molecule has 0 amide bonds. The zero-order valence-electron chi connectivity index (χ0n) is 10.8. The monoisotopic (exact) mass is 279 g/mol. The number of carbonyl (C=O) groups excluding carboxylic acids is 1. The molecule has 0 bridgehead atoms.